The Morgan fingerprint density at radius 2 is 2.03 bits per heavy atom. The van der Waals surface area contributed by atoms with Gasteiger partial charge in [-0.3, -0.25) is 4.79 Å². The van der Waals surface area contributed by atoms with Gasteiger partial charge in [0.2, 0.25) is 11.8 Å². The van der Waals surface area contributed by atoms with E-state index in [2.05, 4.69) is 11.1 Å². The Morgan fingerprint density at radius 1 is 1.23 bits per heavy atom. The molecule has 0 aliphatic carbocycles. The molecule has 0 unspecified atom stereocenters. The molecule has 2 N–H and O–H groups in total. The fraction of sp³-hybridized carbons (Fsp3) is 0.480. The number of halogens is 3. The van der Waals surface area contributed by atoms with E-state index in [-0.39, 0.29) is 13.0 Å². The third-order valence-electron chi connectivity index (χ3n) is 5.83. The number of esters is 1. The van der Waals surface area contributed by atoms with Gasteiger partial charge in [-0.25, -0.2) is 9.78 Å². The highest BCUT2D eigenvalue weighted by Gasteiger charge is 2.44. The zero-order chi connectivity index (χ0) is 25.4. The van der Waals surface area contributed by atoms with Crippen LogP contribution in [0.5, 0.6) is 5.88 Å². The first-order valence-corrected chi connectivity index (χ1v) is 11.6. The van der Waals surface area contributed by atoms with Gasteiger partial charge in [-0.15, -0.1) is 0 Å². The number of aromatic nitrogens is 1. The van der Waals surface area contributed by atoms with Gasteiger partial charge in [0.1, 0.15) is 18.6 Å². The monoisotopic (exact) mass is 493 g/mol. The molecule has 2 atom stereocenters. The van der Waals surface area contributed by atoms with Crippen molar-refractivity contribution in [2.45, 2.75) is 56.8 Å². The number of hydrogen-bond donors (Lipinski definition) is 1. The van der Waals surface area contributed by atoms with Crippen LogP contribution in [0.2, 0.25) is 0 Å². The Morgan fingerprint density at radius 3 is 2.74 bits per heavy atom. The zero-order valence-corrected chi connectivity index (χ0v) is 19.6. The maximum atomic E-state index is 12.8. The van der Waals surface area contributed by atoms with Crippen LogP contribution in [-0.4, -0.2) is 60.3 Å². The summed E-state index contributed by atoms with van der Waals surface area (Å²) in [5.41, 5.74) is 6.47. The summed E-state index contributed by atoms with van der Waals surface area (Å²) < 4.78 is 49.0. The Bertz CT molecular complexity index is 1060. The van der Waals surface area contributed by atoms with Crippen molar-refractivity contribution in [1.29, 1.82) is 0 Å². The van der Waals surface area contributed by atoms with Crippen LogP contribution >= 0.6 is 0 Å². The summed E-state index contributed by atoms with van der Waals surface area (Å²) in [5, 5.41) is 1.61. The van der Waals surface area contributed by atoms with Gasteiger partial charge >= 0.3 is 12.1 Å². The second kappa shape index (κ2) is 12.0. The number of hydrogen-bond acceptors (Lipinski definition) is 6. The van der Waals surface area contributed by atoms with Crippen molar-refractivity contribution in [3.8, 4) is 5.88 Å². The number of amides is 1. The van der Waals surface area contributed by atoms with Crippen molar-refractivity contribution >= 4 is 28.7 Å². The second-order valence-electron chi connectivity index (χ2n) is 8.49. The van der Waals surface area contributed by atoms with Gasteiger partial charge in [-0.1, -0.05) is 30.7 Å². The zero-order valence-electron chi connectivity index (χ0n) is 19.6. The van der Waals surface area contributed by atoms with Crippen molar-refractivity contribution in [3.05, 3.63) is 42.1 Å². The highest BCUT2D eigenvalue weighted by molar-refractivity contribution is 5.89. The van der Waals surface area contributed by atoms with Crippen molar-refractivity contribution in [3.63, 3.8) is 0 Å². The molecule has 1 aliphatic rings. The van der Waals surface area contributed by atoms with Gasteiger partial charge in [-0.2, -0.15) is 13.2 Å². The molecular weight excluding hydrogens is 463 g/mol. The minimum atomic E-state index is -4.68. The summed E-state index contributed by atoms with van der Waals surface area (Å²) in [5.74, 6) is -1.68. The molecule has 1 amide bonds. The average molecular weight is 494 g/mol. The smallest absolute Gasteiger partial charge is 0.397 e. The number of allylic oxidation sites excluding steroid dienone is 1. The van der Waals surface area contributed by atoms with E-state index in [1.807, 2.05) is 30.3 Å². The molecule has 1 fully saturated rings. The average Bonchev–Trinajstić information content (AvgIpc) is 3.24. The lowest BCUT2D eigenvalue weighted by Gasteiger charge is -2.22. The Labute approximate surface area is 202 Å². The number of benzene rings is 1. The number of pyridine rings is 1. The van der Waals surface area contributed by atoms with Crippen molar-refractivity contribution < 1.29 is 32.2 Å². The van der Waals surface area contributed by atoms with E-state index >= 15 is 0 Å². The number of alkyl halides is 3. The number of likely N-dealkylation sites (tertiary alicyclic amines) is 1. The number of nitrogens with zero attached hydrogens (tertiary/aromatic N) is 2. The first-order valence-electron chi connectivity index (χ1n) is 11.6. The summed E-state index contributed by atoms with van der Waals surface area (Å²) in [4.78, 5) is 29.6. The molecule has 1 aliphatic heterocycles. The molecule has 0 bridgehead atoms. The standard InChI is InChI=1S/C25H30F3N3O4/c1-34-24(33)21-14-19(16-31(21)22(32)15-25(26,27)28)35-23-20-13-17(7-5-3-2-4-6-11-29)8-9-18(20)10-12-30-23/h5,7-10,12-13,19,21H,2-4,6,11,14-16,29H2,1H3/t19-,21+/m1/s1. The third kappa shape index (κ3) is 7.42. The molecule has 35 heavy (non-hydrogen) atoms. The van der Waals surface area contributed by atoms with Gasteiger partial charge in [0.15, 0.2) is 0 Å². The van der Waals surface area contributed by atoms with E-state index in [0.717, 1.165) is 54.0 Å². The Balaban J connectivity index is 1.75. The fourth-order valence-electron chi connectivity index (χ4n) is 4.11. The molecule has 0 spiro atoms. The molecule has 7 nitrogen and oxygen atoms in total. The minimum Gasteiger partial charge on any atom is -0.472 e. The normalized spacial score (nSPS) is 18.4. The number of carbonyl (C=O) groups is 2. The largest absolute Gasteiger partial charge is 0.472 e. The van der Waals surface area contributed by atoms with Crippen molar-refractivity contribution in [1.82, 2.24) is 9.88 Å². The summed E-state index contributed by atoms with van der Waals surface area (Å²) >= 11 is 0. The SMILES string of the molecule is COC(=O)[C@@H]1C[C@@H](Oc2nccc3ccc(C=CCCCCCN)cc23)CN1C(=O)CC(F)(F)F. The van der Waals surface area contributed by atoms with Gasteiger partial charge in [0, 0.05) is 18.0 Å². The lowest BCUT2D eigenvalue weighted by atomic mass is 10.1. The summed E-state index contributed by atoms with van der Waals surface area (Å²) in [7, 11) is 1.13. The lowest BCUT2D eigenvalue weighted by Crippen LogP contribution is -2.42. The molecular formula is C25H30F3N3O4. The maximum Gasteiger partial charge on any atom is 0.397 e. The van der Waals surface area contributed by atoms with Gasteiger partial charge in [0.25, 0.3) is 0 Å². The van der Waals surface area contributed by atoms with Crippen LogP contribution in [-0.2, 0) is 14.3 Å². The summed E-state index contributed by atoms with van der Waals surface area (Å²) in [6.45, 7) is 0.523. The molecule has 0 radical (unpaired) electrons. The van der Waals surface area contributed by atoms with Crippen LogP contribution in [0.15, 0.2) is 36.5 Å². The van der Waals surface area contributed by atoms with E-state index in [0.29, 0.717) is 12.4 Å². The minimum absolute atomic E-state index is 0.0106. The van der Waals surface area contributed by atoms with Crippen molar-refractivity contribution in [2.24, 2.45) is 5.73 Å². The van der Waals surface area contributed by atoms with Crippen LogP contribution in [0.1, 0.15) is 44.1 Å². The van der Waals surface area contributed by atoms with E-state index in [1.54, 1.807) is 6.20 Å². The molecule has 0 saturated carbocycles. The van der Waals surface area contributed by atoms with Gasteiger partial charge < -0.3 is 20.1 Å². The van der Waals surface area contributed by atoms with E-state index in [4.69, 9.17) is 15.2 Å². The van der Waals surface area contributed by atoms with Crippen LogP contribution in [0.4, 0.5) is 13.2 Å². The molecule has 10 heteroatoms. The highest BCUT2D eigenvalue weighted by atomic mass is 19.4. The van der Waals surface area contributed by atoms with Gasteiger partial charge in [0.05, 0.1) is 13.7 Å². The topological polar surface area (TPSA) is 94.8 Å². The predicted molar refractivity (Wildman–Crippen MR) is 126 cm³/mol. The number of unbranched alkanes of at least 4 members (excludes halogenated alkanes) is 3. The Hall–Kier alpha value is -3.14. The van der Waals surface area contributed by atoms with E-state index < -0.39 is 36.6 Å². The van der Waals surface area contributed by atoms with Crippen LogP contribution in [0.3, 0.4) is 0 Å². The predicted octanol–water partition coefficient (Wildman–Crippen LogP) is 4.24. The summed E-state index contributed by atoms with van der Waals surface area (Å²) in [6, 6.07) is 6.51. The van der Waals surface area contributed by atoms with Crippen LogP contribution < -0.4 is 10.5 Å². The molecule has 3 rings (SSSR count). The van der Waals surface area contributed by atoms with E-state index in [9.17, 15) is 22.8 Å². The molecule has 2 aromatic rings. The quantitative estimate of drug-likeness (QED) is 0.393. The van der Waals surface area contributed by atoms with Crippen molar-refractivity contribution in [2.75, 3.05) is 20.2 Å². The number of nitrogens with two attached hydrogens (primary N) is 1. The fourth-order valence-corrected chi connectivity index (χ4v) is 4.11. The molecule has 2 heterocycles. The molecule has 1 aromatic carbocycles. The van der Waals surface area contributed by atoms with E-state index in [1.165, 1.54) is 0 Å². The molecule has 1 aromatic heterocycles. The first-order chi connectivity index (χ1) is 16.7. The number of ether oxygens (including phenoxy) is 2. The van der Waals surface area contributed by atoms with Gasteiger partial charge in [-0.05, 0) is 48.9 Å². The number of methoxy groups -OCH3 is 1. The Kier molecular flexibility index (Phi) is 9.08. The molecule has 190 valence electrons. The van der Waals surface area contributed by atoms with Crippen LogP contribution in [0, 0.1) is 0 Å². The highest BCUT2D eigenvalue weighted by Crippen LogP contribution is 2.31. The number of rotatable bonds is 10. The lowest BCUT2D eigenvalue weighted by molar-refractivity contribution is -0.166. The number of fused-ring (bicyclic) bond motifs is 1. The summed E-state index contributed by atoms with van der Waals surface area (Å²) in [6.07, 6.45) is 2.73. The first kappa shape index (κ1) is 26.5. The molecule has 1 saturated heterocycles. The maximum absolute atomic E-state index is 12.8. The third-order valence-corrected chi connectivity index (χ3v) is 5.83. The number of carbonyl (C=O) groups excluding carboxylic acids is 2. The van der Waals surface area contributed by atoms with Crippen LogP contribution in [0.25, 0.3) is 16.8 Å². The second-order valence-corrected chi connectivity index (χ2v) is 8.49.